The second-order valence-electron chi connectivity index (χ2n) is 9.73. The van der Waals surface area contributed by atoms with Crippen molar-refractivity contribution in [2.45, 2.75) is 44.6 Å². The van der Waals surface area contributed by atoms with Crippen LogP contribution < -0.4 is 10.1 Å². The maximum atomic E-state index is 5.51. The Balaban J connectivity index is 1.52. The molecule has 4 aliphatic carbocycles. The van der Waals surface area contributed by atoms with Gasteiger partial charge in [-0.05, 0) is 96.9 Å². The number of anilines is 1. The first-order valence-corrected chi connectivity index (χ1v) is 11.4. The molecule has 0 unspecified atom stereocenters. The van der Waals surface area contributed by atoms with Crippen molar-refractivity contribution < 1.29 is 4.74 Å². The molecule has 4 fully saturated rings. The largest absolute Gasteiger partial charge is 0.497 e. The summed E-state index contributed by atoms with van der Waals surface area (Å²) in [6.07, 6.45) is 6.43. The quantitative estimate of drug-likeness (QED) is 0.652. The maximum Gasteiger partial charge on any atom is 0.182 e. The second kappa shape index (κ2) is 7.08. The Hall–Kier alpha value is -2.89. The van der Waals surface area contributed by atoms with Crippen LogP contribution in [0.3, 0.4) is 0 Å². The Labute approximate surface area is 183 Å². The van der Waals surface area contributed by atoms with E-state index >= 15 is 0 Å². The molecule has 3 aromatic rings. The summed E-state index contributed by atoms with van der Waals surface area (Å²) in [6.45, 7) is 2.12. The molecule has 0 saturated heterocycles. The third-order valence-corrected chi connectivity index (χ3v) is 8.03. The number of aromatic nitrogens is 4. The Morgan fingerprint density at radius 1 is 0.968 bits per heavy atom. The predicted octanol–water partition coefficient (Wildman–Crippen LogP) is 4.74. The normalized spacial score (nSPS) is 31.0. The smallest absolute Gasteiger partial charge is 0.182 e. The molecule has 4 aliphatic rings. The van der Waals surface area contributed by atoms with Crippen LogP contribution in [0.4, 0.5) is 5.69 Å². The van der Waals surface area contributed by atoms with E-state index in [1.54, 1.807) is 7.11 Å². The van der Waals surface area contributed by atoms with Gasteiger partial charge in [0.2, 0.25) is 0 Å². The van der Waals surface area contributed by atoms with Crippen LogP contribution in [-0.2, 0) is 5.54 Å². The zero-order valence-electron chi connectivity index (χ0n) is 18.2. The highest BCUT2D eigenvalue weighted by atomic mass is 16.5. The number of nitrogens with one attached hydrogen (secondary N) is 1. The molecule has 0 radical (unpaired) electrons. The van der Waals surface area contributed by atoms with Crippen molar-refractivity contribution in [2.75, 3.05) is 12.4 Å². The van der Waals surface area contributed by atoms with E-state index in [0.29, 0.717) is 11.8 Å². The fraction of sp³-hybridized carbons (Fsp3) is 0.480. The topological polar surface area (TPSA) is 64.9 Å². The molecule has 7 rings (SSSR count). The molecule has 0 amide bonds. The number of methoxy groups -OCH3 is 1. The van der Waals surface area contributed by atoms with Gasteiger partial charge in [0.25, 0.3) is 0 Å². The molecule has 0 atom stereocenters. The lowest BCUT2D eigenvalue weighted by atomic mass is 9.48. The number of aryl methyl sites for hydroxylation is 1. The average molecular weight is 416 g/mol. The number of benzene rings is 2. The summed E-state index contributed by atoms with van der Waals surface area (Å²) in [7, 11) is 1.72. The van der Waals surface area contributed by atoms with Gasteiger partial charge < -0.3 is 10.1 Å². The van der Waals surface area contributed by atoms with E-state index in [2.05, 4.69) is 65.1 Å². The van der Waals surface area contributed by atoms with Crippen molar-refractivity contribution in [3.63, 3.8) is 0 Å². The van der Waals surface area contributed by atoms with Crippen LogP contribution in [0.15, 0.2) is 48.5 Å². The van der Waals surface area contributed by atoms with Gasteiger partial charge in [-0.25, -0.2) is 0 Å². The summed E-state index contributed by atoms with van der Waals surface area (Å²) in [5, 5.41) is 17.4. The summed E-state index contributed by atoms with van der Waals surface area (Å²) >= 11 is 0. The Morgan fingerprint density at radius 2 is 1.71 bits per heavy atom. The molecule has 1 N–H and O–H groups in total. The highest BCUT2D eigenvalue weighted by Gasteiger charge is 2.60. The molecule has 4 saturated carbocycles. The minimum absolute atomic E-state index is 0.272. The summed E-state index contributed by atoms with van der Waals surface area (Å²) in [4.78, 5) is 0. The highest BCUT2D eigenvalue weighted by molar-refractivity contribution is 5.52. The lowest BCUT2D eigenvalue weighted by molar-refractivity contribution is -0.0523. The molecule has 1 aromatic heterocycles. The van der Waals surface area contributed by atoms with Crippen molar-refractivity contribution in [3.8, 4) is 11.4 Å². The van der Waals surface area contributed by atoms with Gasteiger partial charge >= 0.3 is 0 Å². The SMILES string of the molecule is COc1cccc(NC2(c3nnnn3-c3ccccc3C)C3CC4CC(C3)CC2C4)c1. The third-order valence-electron chi connectivity index (χ3n) is 8.03. The summed E-state index contributed by atoms with van der Waals surface area (Å²) in [6, 6.07) is 16.6. The molecule has 31 heavy (non-hydrogen) atoms. The van der Waals surface area contributed by atoms with Gasteiger partial charge in [0.1, 0.15) is 11.3 Å². The Bertz CT molecular complexity index is 1080. The number of hydrogen-bond acceptors (Lipinski definition) is 5. The molecule has 4 bridgehead atoms. The van der Waals surface area contributed by atoms with Gasteiger partial charge in [0.05, 0.1) is 12.8 Å². The van der Waals surface area contributed by atoms with Gasteiger partial charge in [-0.15, -0.1) is 5.10 Å². The van der Waals surface area contributed by atoms with Crippen molar-refractivity contribution in [3.05, 3.63) is 59.9 Å². The van der Waals surface area contributed by atoms with Gasteiger partial charge in [0, 0.05) is 11.8 Å². The van der Waals surface area contributed by atoms with E-state index in [1.807, 2.05) is 10.7 Å². The fourth-order valence-electron chi connectivity index (χ4n) is 6.90. The molecule has 160 valence electrons. The second-order valence-corrected chi connectivity index (χ2v) is 9.73. The third kappa shape index (κ3) is 2.87. The summed E-state index contributed by atoms with van der Waals surface area (Å²) in [5.74, 6) is 4.59. The van der Waals surface area contributed by atoms with Crippen LogP contribution in [0.1, 0.15) is 43.5 Å². The lowest BCUT2D eigenvalue weighted by Crippen LogP contribution is -2.60. The molecular weight excluding hydrogens is 386 g/mol. The maximum absolute atomic E-state index is 5.51. The molecule has 0 spiro atoms. The van der Waals surface area contributed by atoms with Crippen molar-refractivity contribution in [1.29, 1.82) is 0 Å². The number of ether oxygens (including phenoxy) is 1. The zero-order chi connectivity index (χ0) is 21.0. The number of para-hydroxylation sites is 1. The molecule has 6 heteroatoms. The first-order chi connectivity index (χ1) is 15.2. The average Bonchev–Trinajstić information content (AvgIpc) is 3.26. The molecule has 0 aliphatic heterocycles. The Morgan fingerprint density at radius 3 is 2.42 bits per heavy atom. The van der Waals surface area contributed by atoms with Crippen molar-refractivity contribution in [1.82, 2.24) is 20.2 Å². The van der Waals surface area contributed by atoms with E-state index in [4.69, 9.17) is 9.84 Å². The van der Waals surface area contributed by atoms with Crippen molar-refractivity contribution in [2.24, 2.45) is 23.7 Å². The van der Waals surface area contributed by atoms with Crippen LogP contribution in [-0.4, -0.2) is 27.3 Å². The lowest BCUT2D eigenvalue weighted by Gasteiger charge is -2.60. The van der Waals surface area contributed by atoms with E-state index in [9.17, 15) is 0 Å². The van der Waals surface area contributed by atoms with E-state index < -0.39 is 0 Å². The monoisotopic (exact) mass is 415 g/mol. The fourth-order valence-corrected chi connectivity index (χ4v) is 6.90. The molecular formula is C25H29N5O. The first-order valence-electron chi connectivity index (χ1n) is 11.4. The summed E-state index contributed by atoms with van der Waals surface area (Å²) < 4.78 is 7.50. The van der Waals surface area contributed by atoms with Crippen LogP contribution >= 0.6 is 0 Å². The predicted molar refractivity (Wildman–Crippen MR) is 119 cm³/mol. The molecule has 2 aromatic carbocycles. The van der Waals surface area contributed by atoms with Crippen LogP contribution in [0.25, 0.3) is 5.69 Å². The first kappa shape index (κ1) is 18.8. The van der Waals surface area contributed by atoms with E-state index in [-0.39, 0.29) is 5.54 Å². The number of tetrazole rings is 1. The number of nitrogens with zero attached hydrogens (tertiary/aromatic N) is 4. The molecule has 1 heterocycles. The standard InChI is InChI=1S/C25H29N5O/c1-16-6-3-4-9-23(16)30-24(27-28-29-30)25(26-21-7-5-8-22(15-21)31-2)19-11-17-10-18(13-19)14-20(25)12-17/h3-9,15,17-20,26H,10-14H2,1-2H3. The van der Waals surface area contributed by atoms with Crippen LogP contribution in [0.5, 0.6) is 5.75 Å². The van der Waals surface area contributed by atoms with Gasteiger partial charge in [-0.2, -0.15) is 4.68 Å². The van der Waals surface area contributed by atoms with Crippen LogP contribution in [0.2, 0.25) is 0 Å². The highest BCUT2D eigenvalue weighted by Crippen LogP contribution is 2.62. The van der Waals surface area contributed by atoms with E-state index in [1.165, 1.54) is 37.7 Å². The minimum Gasteiger partial charge on any atom is -0.497 e. The zero-order valence-corrected chi connectivity index (χ0v) is 18.2. The Kier molecular flexibility index (Phi) is 4.30. The van der Waals surface area contributed by atoms with E-state index in [0.717, 1.165) is 34.8 Å². The van der Waals surface area contributed by atoms with Crippen LogP contribution in [0, 0.1) is 30.6 Å². The summed E-state index contributed by atoms with van der Waals surface area (Å²) in [5.41, 5.74) is 3.04. The van der Waals surface area contributed by atoms with Gasteiger partial charge in [0.15, 0.2) is 5.82 Å². The number of rotatable bonds is 5. The molecule has 6 nitrogen and oxygen atoms in total. The van der Waals surface area contributed by atoms with Crippen molar-refractivity contribution >= 4 is 5.69 Å². The minimum atomic E-state index is -0.272. The number of hydrogen-bond donors (Lipinski definition) is 1. The van der Waals surface area contributed by atoms with Gasteiger partial charge in [-0.3, -0.25) is 0 Å². The van der Waals surface area contributed by atoms with Gasteiger partial charge in [-0.1, -0.05) is 24.3 Å².